The number of rotatable bonds is 5. The highest BCUT2D eigenvalue weighted by Gasteiger charge is 2.16. The van der Waals surface area contributed by atoms with Crippen molar-refractivity contribution in [2.24, 2.45) is 0 Å². The van der Waals surface area contributed by atoms with Crippen molar-refractivity contribution >= 4 is 11.8 Å². The van der Waals surface area contributed by atoms with Crippen molar-refractivity contribution in [3.8, 4) is 0 Å². The van der Waals surface area contributed by atoms with Crippen molar-refractivity contribution in [3.05, 3.63) is 54.0 Å². The van der Waals surface area contributed by atoms with Gasteiger partial charge in [-0.05, 0) is 30.5 Å². The fraction of sp³-hybridized carbons (Fsp3) is 0.286. The quantitative estimate of drug-likeness (QED) is 0.816. The van der Waals surface area contributed by atoms with Crippen molar-refractivity contribution in [2.45, 2.75) is 17.9 Å². The summed E-state index contributed by atoms with van der Waals surface area (Å²) in [5, 5.41) is 3.50. The summed E-state index contributed by atoms with van der Waals surface area (Å²) in [6.45, 7) is 3.05. The summed E-state index contributed by atoms with van der Waals surface area (Å²) in [5.74, 6) is 0. The van der Waals surface area contributed by atoms with Crippen molar-refractivity contribution in [1.82, 2.24) is 5.32 Å². The molecule has 0 aliphatic carbocycles. The maximum absolute atomic E-state index is 5.19. The molecule has 1 atom stereocenters. The van der Waals surface area contributed by atoms with Crippen LogP contribution in [0.3, 0.4) is 0 Å². The Bertz CT molecular complexity index is 453. The molecule has 2 nitrogen and oxygen atoms in total. The molecule has 1 unspecified atom stereocenters. The van der Waals surface area contributed by atoms with E-state index in [4.69, 9.17) is 4.42 Å². The molecule has 1 heterocycles. The Morgan fingerprint density at radius 2 is 2.12 bits per heavy atom. The molecule has 2 rings (SSSR count). The average Bonchev–Trinajstić information content (AvgIpc) is 2.89. The van der Waals surface area contributed by atoms with Crippen LogP contribution in [0.15, 0.2) is 52.2 Å². The smallest absolute Gasteiger partial charge is 0.0953 e. The van der Waals surface area contributed by atoms with E-state index >= 15 is 0 Å². The van der Waals surface area contributed by atoms with E-state index in [2.05, 4.69) is 42.8 Å². The van der Waals surface area contributed by atoms with Crippen LogP contribution in [0.5, 0.6) is 0 Å². The van der Waals surface area contributed by atoms with Crippen LogP contribution >= 0.6 is 11.8 Å². The van der Waals surface area contributed by atoms with Gasteiger partial charge in [-0.2, -0.15) is 0 Å². The number of furan rings is 1. The summed E-state index contributed by atoms with van der Waals surface area (Å²) >= 11 is 1.78. The molecular formula is C14H17NOS. The van der Waals surface area contributed by atoms with Crippen molar-refractivity contribution < 1.29 is 4.42 Å². The molecule has 0 bridgehead atoms. The lowest BCUT2D eigenvalue weighted by Crippen LogP contribution is -2.22. The molecule has 0 fully saturated rings. The third kappa shape index (κ3) is 2.73. The number of hydrogen-bond donors (Lipinski definition) is 1. The Balaban J connectivity index is 2.39. The molecule has 1 N–H and O–H groups in total. The molecular weight excluding hydrogens is 230 g/mol. The molecule has 0 amide bonds. The average molecular weight is 247 g/mol. The number of nitrogens with one attached hydrogen (secondary N) is 1. The van der Waals surface area contributed by atoms with Gasteiger partial charge in [-0.1, -0.05) is 25.1 Å². The molecule has 0 radical (unpaired) electrons. The molecule has 0 saturated heterocycles. The summed E-state index contributed by atoms with van der Waals surface area (Å²) in [4.78, 5) is 1.31. The number of thioether (sulfide) groups is 1. The zero-order valence-corrected chi connectivity index (χ0v) is 11.0. The molecule has 0 spiro atoms. The van der Waals surface area contributed by atoms with Gasteiger partial charge >= 0.3 is 0 Å². The van der Waals surface area contributed by atoms with Gasteiger partial charge in [0.1, 0.15) is 0 Å². The van der Waals surface area contributed by atoms with Gasteiger partial charge in [0.2, 0.25) is 0 Å². The first kappa shape index (κ1) is 12.3. The highest BCUT2D eigenvalue weighted by Crippen LogP contribution is 2.30. The molecule has 0 saturated carbocycles. The fourth-order valence-corrected chi connectivity index (χ4v) is 2.59. The zero-order chi connectivity index (χ0) is 12.1. The molecule has 1 aromatic carbocycles. The highest BCUT2D eigenvalue weighted by molar-refractivity contribution is 7.98. The highest BCUT2D eigenvalue weighted by atomic mass is 32.2. The van der Waals surface area contributed by atoms with E-state index in [1.165, 1.54) is 16.0 Å². The molecule has 1 aromatic heterocycles. The molecule has 17 heavy (non-hydrogen) atoms. The van der Waals surface area contributed by atoms with E-state index in [0.717, 1.165) is 6.54 Å². The Hall–Kier alpha value is -1.19. The summed E-state index contributed by atoms with van der Waals surface area (Å²) in [6, 6.07) is 10.7. The topological polar surface area (TPSA) is 25.2 Å². The van der Waals surface area contributed by atoms with E-state index in [-0.39, 0.29) is 6.04 Å². The van der Waals surface area contributed by atoms with Crippen LogP contribution in [-0.2, 0) is 0 Å². The van der Waals surface area contributed by atoms with E-state index in [1.54, 1.807) is 18.0 Å². The maximum Gasteiger partial charge on any atom is 0.0953 e. The number of benzene rings is 1. The third-order valence-corrected chi connectivity index (χ3v) is 3.55. The normalized spacial score (nSPS) is 12.6. The second kappa shape index (κ2) is 5.94. The minimum absolute atomic E-state index is 0.211. The fourth-order valence-electron chi connectivity index (χ4n) is 1.96. The zero-order valence-electron chi connectivity index (χ0n) is 10.1. The molecule has 2 aromatic rings. The van der Waals surface area contributed by atoms with Gasteiger partial charge in [0.05, 0.1) is 18.6 Å². The van der Waals surface area contributed by atoms with Gasteiger partial charge in [0.15, 0.2) is 0 Å². The molecule has 0 aliphatic rings. The van der Waals surface area contributed by atoms with Crippen molar-refractivity contribution in [2.75, 3.05) is 12.8 Å². The Morgan fingerprint density at radius 3 is 2.76 bits per heavy atom. The second-order valence-electron chi connectivity index (χ2n) is 3.79. The monoisotopic (exact) mass is 247 g/mol. The first-order valence-corrected chi connectivity index (χ1v) is 6.97. The van der Waals surface area contributed by atoms with Gasteiger partial charge in [-0.3, -0.25) is 0 Å². The second-order valence-corrected chi connectivity index (χ2v) is 4.64. The lowest BCUT2D eigenvalue weighted by atomic mass is 10.0. The van der Waals surface area contributed by atoms with Crippen LogP contribution in [0.2, 0.25) is 0 Å². The van der Waals surface area contributed by atoms with Crippen LogP contribution in [0.1, 0.15) is 24.1 Å². The van der Waals surface area contributed by atoms with Gasteiger partial charge in [0.25, 0.3) is 0 Å². The minimum atomic E-state index is 0.211. The Morgan fingerprint density at radius 1 is 1.29 bits per heavy atom. The maximum atomic E-state index is 5.19. The van der Waals surface area contributed by atoms with E-state index < -0.39 is 0 Å². The van der Waals surface area contributed by atoms with E-state index in [1.807, 2.05) is 12.3 Å². The van der Waals surface area contributed by atoms with Crippen molar-refractivity contribution in [1.29, 1.82) is 0 Å². The lowest BCUT2D eigenvalue weighted by Gasteiger charge is -2.19. The third-order valence-electron chi connectivity index (χ3n) is 2.73. The first-order chi connectivity index (χ1) is 8.36. The van der Waals surface area contributed by atoms with E-state index in [9.17, 15) is 0 Å². The molecule has 3 heteroatoms. The largest absolute Gasteiger partial charge is 0.472 e. The summed E-state index contributed by atoms with van der Waals surface area (Å²) in [6.07, 6.45) is 5.64. The SMILES string of the molecule is CCNC(c1ccoc1)c1ccccc1SC. The summed E-state index contributed by atoms with van der Waals surface area (Å²) in [5.41, 5.74) is 2.48. The first-order valence-electron chi connectivity index (χ1n) is 5.75. The summed E-state index contributed by atoms with van der Waals surface area (Å²) in [7, 11) is 0. The standard InChI is InChI=1S/C14H17NOS/c1-3-15-14(11-8-9-16-10-11)12-6-4-5-7-13(12)17-2/h4-10,14-15H,3H2,1-2H3. The van der Waals surface area contributed by atoms with Crippen LogP contribution in [-0.4, -0.2) is 12.8 Å². The molecule has 90 valence electrons. The Labute approximate surface area is 106 Å². The van der Waals surface area contributed by atoms with Crippen LogP contribution in [0.4, 0.5) is 0 Å². The van der Waals surface area contributed by atoms with Gasteiger partial charge < -0.3 is 9.73 Å². The lowest BCUT2D eigenvalue weighted by molar-refractivity contribution is 0.551. The van der Waals surface area contributed by atoms with Crippen molar-refractivity contribution in [3.63, 3.8) is 0 Å². The molecule has 0 aliphatic heterocycles. The van der Waals surface area contributed by atoms with Gasteiger partial charge in [-0.25, -0.2) is 0 Å². The summed E-state index contributed by atoms with van der Waals surface area (Å²) < 4.78 is 5.19. The van der Waals surface area contributed by atoms with Gasteiger partial charge in [-0.15, -0.1) is 11.8 Å². The predicted octanol–water partition coefficient (Wildman–Crippen LogP) is 3.70. The minimum Gasteiger partial charge on any atom is -0.472 e. The van der Waals surface area contributed by atoms with Crippen LogP contribution in [0, 0.1) is 0 Å². The number of hydrogen-bond acceptors (Lipinski definition) is 3. The van der Waals surface area contributed by atoms with Crippen LogP contribution in [0.25, 0.3) is 0 Å². The van der Waals surface area contributed by atoms with Gasteiger partial charge in [0, 0.05) is 10.5 Å². The van der Waals surface area contributed by atoms with E-state index in [0.29, 0.717) is 0 Å². The van der Waals surface area contributed by atoms with Crippen LogP contribution < -0.4 is 5.32 Å². The Kier molecular flexibility index (Phi) is 4.29. The predicted molar refractivity (Wildman–Crippen MR) is 72.5 cm³/mol.